The van der Waals surface area contributed by atoms with Gasteiger partial charge in [-0.2, -0.15) is 0 Å². The van der Waals surface area contributed by atoms with Gasteiger partial charge in [-0.25, -0.2) is 14.5 Å². The number of nitrogens with zero attached hydrogens (tertiary/aromatic N) is 2. The van der Waals surface area contributed by atoms with Gasteiger partial charge in [0.2, 0.25) is 23.6 Å². The molecule has 7 rings (SSSR count). The Morgan fingerprint density at radius 1 is 0.733 bits per heavy atom. The zero-order chi connectivity index (χ0) is 31.7. The molecular formula is C33H26N2O10. The summed E-state index contributed by atoms with van der Waals surface area (Å²) < 4.78 is 5.92. The predicted octanol–water partition coefficient (Wildman–Crippen LogP) is 3.21. The van der Waals surface area contributed by atoms with E-state index in [2.05, 4.69) is 0 Å². The fourth-order valence-corrected chi connectivity index (χ4v) is 7.62. The van der Waals surface area contributed by atoms with Crippen molar-refractivity contribution in [2.45, 2.75) is 25.4 Å². The van der Waals surface area contributed by atoms with Crippen LogP contribution in [0.5, 0.6) is 0 Å². The standard InChI is InChI=1S/C33H26N2O10/c36-14-19-7-10-24(45-19)26-20-8-9-21-25(30(39)34(28(21)37)17-5-1-3-15(11-17)32(41)42)22(20)13-23-27(26)31(40)35(29(23)38)18-6-2-4-16(12-18)33(43)44/h1-8,10-12,21-23,25-27,36H,9,13-14H2,(H,41,42)(H,43,44). The van der Waals surface area contributed by atoms with Crippen LogP contribution in [0.15, 0.2) is 76.7 Å². The fourth-order valence-electron chi connectivity index (χ4n) is 7.62. The number of allylic oxidation sites excluding steroid dienone is 2. The highest BCUT2D eigenvalue weighted by Crippen LogP contribution is 2.58. The van der Waals surface area contributed by atoms with Crippen LogP contribution in [0.4, 0.5) is 11.4 Å². The van der Waals surface area contributed by atoms with Gasteiger partial charge in [-0.05, 0) is 67.3 Å². The van der Waals surface area contributed by atoms with E-state index in [1.165, 1.54) is 48.5 Å². The van der Waals surface area contributed by atoms with E-state index in [9.17, 15) is 44.1 Å². The number of fused-ring (bicyclic) bond motifs is 4. The van der Waals surface area contributed by atoms with Gasteiger partial charge < -0.3 is 19.7 Å². The summed E-state index contributed by atoms with van der Waals surface area (Å²) in [4.78, 5) is 81.1. The molecule has 12 heteroatoms. The molecule has 2 saturated heterocycles. The van der Waals surface area contributed by atoms with Crippen molar-refractivity contribution in [2.24, 2.45) is 29.6 Å². The van der Waals surface area contributed by atoms with Crippen LogP contribution in [0.1, 0.15) is 51.0 Å². The smallest absolute Gasteiger partial charge is 0.335 e. The molecule has 3 N–H and O–H groups in total. The number of benzene rings is 2. The van der Waals surface area contributed by atoms with Crippen LogP contribution >= 0.6 is 0 Å². The van der Waals surface area contributed by atoms with E-state index in [0.717, 1.165) is 9.80 Å². The van der Waals surface area contributed by atoms with E-state index in [1.54, 1.807) is 12.1 Å². The van der Waals surface area contributed by atoms with Crippen LogP contribution in [0, 0.1) is 29.6 Å². The second-order valence-electron chi connectivity index (χ2n) is 11.7. The van der Waals surface area contributed by atoms with Crippen LogP contribution in [-0.4, -0.2) is 50.9 Å². The normalized spacial score (nSPS) is 27.3. The molecule has 2 aromatic carbocycles. The lowest BCUT2D eigenvalue weighted by Crippen LogP contribution is -2.43. The van der Waals surface area contributed by atoms with E-state index >= 15 is 0 Å². The summed E-state index contributed by atoms with van der Waals surface area (Å²) in [5, 5.41) is 28.7. The Hall–Kier alpha value is -5.36. The van der Waals surface area contributed by atoms with E-state index in [0.29, 0.717) is 11.3 Å². The molecule has 3 heterocycles. The van der Waals surface area contributed by atoms with Crippen molar-refractivity contribution in [3.8, 4) is 0 Å². The summed E-state index contributed by atoms with van der Waals surface area (Å²) in [6, 6.07) is 14.3. The largest absolute Gasteiger partial charge is 0.478 e. The zero-order valence-electron chi connectivity index (χ0n) is 23.5. The van der Waals surface area contributed by atoms with Crippen molar-refractivity contribution >= 4 is 46.9 Å². The number of furan rings is 1. The number of carbonyl (C=O) groups excluding carboxylic acids is 4. The van der Waals surface area contributed by atoms with E-state index in [-0.39, 0.29) is 41.1 Å². The van der Waals surface area contributed by atoms with Gasteiger partial charge in [-0.15, -0.1) is 0 Å². The van der Waals surface area contributed by atoms with Gasteiger partial charge in [0.15, 0.2) is 0 Å². The number of carbonyl (C=O) groups is 6. The zero-order valence-corrected chi connectivity index (χ0v) is 23.5. The summed E-state index contributed by atoms with van der Waals surface area (Å²) in [7, 11) is 0. The Kier molecular flexibility index (Phi) is 6.55. The van der Waals surface area contributed by atoms with Crippen LogP contribution in [0.2, 0.25) is 0 Å². The maximum Gasteiger partial charge on any atom is 0.335 e. The molecule has 6 unspecified atom stereocenters. The van der Waals surface area contributed by atoms with E-state index in [1.807, 2.05) is 6.08 Å². The van der Waals surface area contributed by atoms with Crippen LogP contribution in [-0.2, 0) is 25.8 Å². The summed E-state index contributed by atoms with van der Waals surface area (Å²) >= 11 is 0. The average Bonchev–Trinajstić information content (AvgIpc) is 3.69. The minimum atomic E-state index is -1.22. The molecule has 6 atom stereocenters. The number of rotatable bonds is 6. The average molecular weight is 611 g/mol. The van der Waals surface area contributed by atoms with Crippen molar-refractivity contribution in [3.63, 3.8) is 0 Å². The van der Waals surface area contributed by atoms with E-state index < -0.39 is 77.7 Å². The van der Waals surface area contributed by atoms with Crippen molar-refractivity contribution in [1.29, 1.82) is 0 Å². The Morgan fingerprint density at radius 3 is 1.87 bits per heavy atom. The van der Waals surface area contributed by atoms with Gasteiger partial charge in [0, 0.05) is 0 Å². The maximum absolute atomic E-state index is 14.1. The van der Waals surface area contributed by atoms with Crippen LogP contribution in [0.25, 0.3) is 0 Å². The lowest BCUT2D eigenvalue weighted by molar-refractivity contribution is -0.126. The molecule has 2 aliphatic carbocycles. The topological polar surface area (TPSA) is 183 Å². The molecule has 3 aromatic rings. The Balaban J connectivity index is 1.31. The molecule has 0 radical (unpaired) electrons. The maximum atomic E-state index is 14.1. The molecule has 0 bridgehead atoms. The number of aromatic carboxylic acids is 2. The van der Waals surface area contributed by atoms with Gasteiger partial charge in [0.1, 0.15) is 18.1 Å². The Labute approximate surface area is 255 Å². The van der Waals surface area contributed by atoms with Crippen LogP contribution < -0.4 is 9.80 Å². The molecule has 4 aliphatic rings. The number of aliphatic hydroxyl groups excluding tert-OH is 1. The van der Waals surface area contributed by atoms with Gasteiger partial charge in [-0.1, -0.05) is 23.8 Å². The minimum absolute atomic E-state index is 0.0815. The molecular weight excluding hydrogens is 584 g/mol. The van der Waals surface area contributed by atoms with Crippen molar-refractivity contribution in [2.75, 3.05) is 9.80 Å². The monoisotopic (exact) mass is 610 g/mol. The molecule has 2 aliphatic heterocycles. The number of aliphatic hydroxyl groups is 1. The summed E-state index contributed by atoms with van der Waals surface area (Å²) in [5.74, 6) is -8.79. The SMILES string of the molecule is O=C(O)c1cccc(N2C(=O)C3CC=C4C(CC5C(=O)N(c6cccc(C(=O)O)c6)C(=O)C5C4c4ccc(CO)o4)C3C2=O)c1. The fraction of sp³-hybridized carbons (Fsp3) is 0.273. The third-order valence-corrected chi connectivity index (χ3v) is 9.50. The molecule has 3 fully saturated rings. The molecule has 1 aromatic heterocycles. The molecule has 12 nitrogen and oxygen atoms in total. The summed E-state index contributed by atoms with van der Waals surface area (Å²) in [5.41, 5.74) is 0.753. The highest BCUT2D eigenvalue weighted by Gasteiger charge is 2.63. The first-order chi connectivity index (χ1) is 21.6. The number of hydrogen-bond acceptors (Lipinski definition) is 8. The molecule has 228 valence electrons. The summed E-state index contributed by atoms with van der Waals surface area (Å²) in [6.45, 7) is -0.397. The highest BCUT2D eigenvalue weighted by atomic mass is 16.4. The molecule has 1 saturated carbocycles. The molecule has 4 amide bonds. The number of imide groups is 2. The Bertz CT molecular complexity index is 1860. The van der Waals surface area contributed by atoms with Gasteiger partial charge in [-0.3, -0.25) is 24.1 Å². The first-order valence-electron chi connectivity index (χ1n) is 14.4. The first kappa shape index (κ1) is 28.4. The van der Waals surface area contributed by atoms with Gasteiger partial charge in [0.25, 0.3) is 0 Å². The minimum Gasteiger partial charge on any atom is -0.478 e. The lowest BCUT2D eigenvalue weighted by Gasteiger charge is -2.43. The van der Waals surface area contributed by atoms with Crippen molar-refractivity contribution in [3.05, 3.63) is 95.0 Å². The predicted molar refractivity (Wildman–Crippen MR) is 154 cm³/mol. The second kappa shape index (κ2) is 10.4. The van der Waals surface area contributed by atoms with Gasteiger partial charge in [0.05, 0.1) is 52.1 Å². The Morgan fingerprint density at radius 2 is 1.31 bits per heavy atom. The molecule has 0 spiro atoms. The van der Waals surface area contributed by atoms with Crippen molar-refractivity contribution in [1.82, 2.24) is 0 Å². The van der Waals surface area contributed by atoms with Crippen LogP contribution in [0.3, 0.4) is 0 Å². The number of carboxylic acids is 2. The van der Waals surface area contributed by atoms with Crippen molar-refractivity contribution < 1.29 is 48.5 Å². The lowest BCUT2D eigenvalue weighted by atomic mass is 9.58. The van der Waals surface area contributed by atoms with E-state index in [4.69, 9.17) is 4.42 Å². The number of carboxylic acid groups (broad SMARTS) is 2. The highest BCUT2D eigenvalue weighted by molar-refractivity contribution is 6.24. The summed E-state index contributed by atoms with van der Waals surface area (Å²) in [6.07, 6.45) is 2.11. The number of hydrogen-bond donors (Lipinski definition) is 3. The first-order valence-corrected chi connectivity index (χ1v) is 14.4. The third kappa shape index (κ3) is 4.24. The quantitative estimate of drug-likeness (QED) is 0.277. The molecule has 45 heavy (non-hydrogen) atoms. The third-order valence-electron chi connectivity index (χ3n) is 9.50. The van der Waals surface area contributed by atoms with Gasteiger partial charge >= 0.3 is 11.9 Å². The second-order valence-corrected chi connectivity index (χ2v) is 11.7. The number of anilines is 2. The number of amides is 4.